The predicted octanol–water partition coefficient (Wildman–Crippen LogP) is 2.05. The highest BCUT2D eigenvalue weighted by atomic mass is 16.3. The molecular weight excluding hydrogens is 238 g/mol. The summed E-state index contributed by atoms with van der Waals surface area (Å²) in [6.07, 6.45) is 3.92. The first-order valence-electron chi connectivity index (χ1n) is 7.18. The van der Waals surface area contributed by atoms with Gasteiger partial charge < -0.3 is 10.0 Å². The van der Waals surface area contributed by atoms with Gasteiger partial charge in [0, 0.05) is 12.1 Å². The van der Waals surface area contributed by atoms with E-state index in [0.717, 1.165) is 31.2 Å². The molecule has 0 radical (unpaired) electrons. The van der Waals surface area contributed by atoms with Crippen LogP contribution in [0, 0.1) is 6.92 Å². The van der Waals surface area contributed by atoms with Gasteiger partial charge in [-0.25, -0.2) is 0 Å². The minimum Gasteiger partial charge on any atom is -0.393 e. The molecule has 1 amide bonds. The number of amides is 1. The summed E-state index contributed by atoms with van der Waals surface area (Å²) in [7, 11) is 0. The summed E-state index contributed by atoms with van der Waals surface area (Å²) in [5.74, 6) is 0.225. The van der Waals surface area contributed by atoms with Gasteiger partial charge in [0.15, 0.2) is 0 Å². The molecule has 2 aliphatic rings. The number of hydrogen-bond donors (Lipinski definition) is 1. The maximum absolute atomic E-state index is 12.5. The summed E-state index contributed by atoms with van der Waals surface area (Å²) in [4.78, 5) is 14.5. The lowest BCUT2D eigenvalue weighted by Gasteiger charge is -2.37. The van der Waals surface area contributed by atoms with Gasteiger partial charge in [-0.1, -0.05) is 29.8 Å². The number of aryl methyl sites for hydroxylation is 1. The van der Waals surface area contributed by atoms with Crippen LogP contribution in [0.25, 0.3) is 0 Å². The van der Waals surface area contributed by atoms with Crippen LogP contribution in [-0.2, 0) is 11.2 Å². The van der Waals surface area contributed by atoms with Crippen LogP contribution >= 0.6 is 0 Å². The average molecular weight is 259 g/mol. The van der Waals surface area contributed by atoms with Crippen molar-refractivity contribution in [3.63, 3.8) is 0 Å². The molecular formula is C16H21NO2. The molecule has 19 heavy (non-hydrogen) atoms. The Morgan fingerprint density at radius 3 is 2.37 bits per heavy atom. The molecule has 0 aliphatic carbocycles. The summed E-state index contributed by atoms with van der Waals surface area (Å²) < 4.78 is 0. The predicted molar refractivity (Wildman–Crippen MR) is 73.8 cm³/mol. The molecule has 0 spiro atoms. The van der Waals surface area contributed by atoms with Gasteiger partial charge >= 0.3 is 0 Å². The van der Waals surface area contributed by atoms with E-state index in [4.69, 9.17) is 0 Å². The van der Waals surface area contributed by atoms with Gasteiger partial charge in [-0.2, -0.15) is 0 Å². The average Bonchev–Trinajstić information content (AvgIpc) is 2.65. The maximum atomic E-state index is 12.5. The van der Waals surface area contributed by atoms with Gasteiger partial charge in [0.2, 0.25) is 5.91 Å². The minimum atomic E-state index is -0.207. The van der Waals surface area contributed by atoms with Gasteiger partial charge in [0.25, 0.3) is 0 Å². The van der Waals surface area contributed by atoms with E-state index in [0.29, 0.717) is 6.42 Å². The molecule has 2 fully saturated rings. The van der Waals surface area contributed by atoms with Crippen LogP contribution in [0.4, 0.5) is 0 Å². The van der Waals surface area contributed by atoms with Crippen molar-refractivity contribution in [2.24, 2.45) is 0 Å². The van der Waals surface area contributed by atoms with Crippen molar-refractivity contribution in [3.8, 4) is 0 Å². The van der Waals surface area contributed by atoms with Crippen LogP contribution in [0.15, 0.2) is 24.3 Å². The monoisotopic (exact) mass is 259 g/mol. The number of fused-ring (bicyclic) bond motifs is 2. The molecule has 3 rings (SSSR count). The van der Waals surface area contributed by atoms with Crippen molar-refractivity contribution in [2.75, 3.05) is 0 Å². The third-order valence-corrected chi connectivity index (χ3v) is 4.47. The van der Waals surface area contributed by atoms with E-state index in [1.807, 2.05) is 17.0 Å². The molecule has 0 aromatic heterocycles. The van der Waals surface area contributed by atoms with E-state index in [9.17, 15) is 9.90 Å². The summed E-state index contributed by atoms with van der Waals surface area (Å²) in [5, 5.41) is 9.77. The summed E-state index contributed by atoms with van der Waals surface area (Å²) in [6.45, 7) is 2.05. The van der Waals surface area contributed by atoms with E-state index in [-0.39, 0.29) is 24.1 Å². The number of piperidine rings is 1. The molecule has 2 aliphatic heterocycles. The summed E-state index contributed by atoms with van der Waals surface area (Å²) in [6, 6.07) is 8.72. The topological polar surface area (TPSA) is 40.5 Å². The number of benzene rings is 1. The van der Waals surface area contributed by atoms with Gasteiger partial charge in [-0.15, -0.1) is 0 Å². The Bertz CT molecular complexity index is 454. The molecule has 2 unspecified atom stereocenters. The largest absolute Gasteiger partial charge is 0.393 e. The first-order chi connectivity index (χ1) is 9.13. The molecule has 3 heteroatoms. The van der Waals surface area contributed by atoms with E-state index < -0.39 is 0 Å². The maximum Gasteiger partial charge on any atom is 0.227 e. The Hall–Kier alpha value is -1.35. The number of carbonyl (C=O) groups is 1. The van der Waals surface area contributed by atoms with Crippen LogP contribution in [0.1, 0.15) is 36.8 Å². The molecule has 102 valence electrons. The van der Waals surface area contributed by atoms with E-state index >= 15 is 0 Å². The molecule has 1 aromatic rings. The molecule has 0 saturated carbocycles. The number of aliphatic hydroxyl groups is 1. The molecule has 1 aromatic carbocycles. The van der Waals surface area contributed by atoms with Crippen molar-refractivity contribution in [1.29, 1.82) is 0 Å². The highest BCUT2D eigenvalue weighted by Gasteiger charge is 2.42. The lowest BCUT2D eigenvalue weighted by atomic mass is 9.98. The third kappa shape index (κ3) is 2.52. The third-order valence-electron chi connectivity index (χ3n) is 4.47. The van der Waals surface area contributed by atoms with Crippen molar-refractivity contribution >= 4 is 5.91 Å². The number of nitrogens with zero attached hydrogens (tertiary/aromatic N) is 1. The molecule has 1 N–H and O–H groups in total. The van der Waals surface area contributed by atoms with Gasteiger partial charge in [0.1, 0.15) is 0 Å². The first-order valence-corrected chi connectivity index (χ1v) is 7.18. The van der Waals surface area contributed by atoms with Crippen molar-refractivity contribution < 1.29 is 9.90 Å². The second-order valence-corrected chi connectivity index (χ2v) is 5.97. The quantitative estimate of drug-likeness (QED) is 0.883. The highest BCUT2D eigenvalue weighted by molar-refractivity contribution is 5.80. The van der Waals surface area contributed by atoms with Crippen molar-refractivity contribution in [1.82, 2.24) is 4.90 Å². The van der Waals surface area contributed by atoms with Gasteiger partial charge in [-0.05, 0) is 38.2 Å². The lowest BCUT2D eigenvalue weighted by molar-refractivity contribution is -0.136. The Balaban J connectivity index is 1.69. The second-order valence-electron chi connectivity index (χ2n) is 5.97. The van der Waals surface area contributed by atoms with Crippen molar-refractivity contribution in [2.45, 2.75) is 57.2 Å². The fourth-order valence-corrected chi connectivity index (χ4v) is 3.53. The summed E-state index contributed by atoms with van der Waals surface area (Å²) in [5.41, 5.74) is 2.30. The Labute approximate surface area is 114 Å². The zero-order chi connectivity index (χ0) is 13.4. The summed E-state index contributed by atoms with van der Waals surface area (Å²) >= 11 is 0. The van der Waals surface area contributed by atoms with E-state index in [2.05, 4.69) is 19.1 Å². The smallest absolute Gasteiger partial charge is 0.227 e. The molecule has 3 nitrogen and oxygen atoms in total. The first kappa shape index (κ1) is 12.7. The fourth-order valence-electron chi connectivity index (χ4n) is 3.53. The number of rotatable bonds is 2. The molecule has 2 bridgehead atoms. The van der Waals surface area contributed by atoms with Crippen molar-refractivity contribution in [3.05, 3.63) is 35.4 Å². The van der Waals surface area contributed by atoms with Crippen LogP contribution in [0.3, 0.4) is 0 Å². The zero-order valence-corrected chi connectivity index (χ0v) is 11.4. The number of aliphatic hydroxyl groups excluding tert-OH is 1. The Morgan fingerprint density at radius 2 is 1.79 bits per heavy atom. The lowest BCUT2D eigenvalue weighted by Crippen LogP contribution is -2.48. The second kappa shape index (κ2) is 4.97. The van der Waals surface area contributed by atoms with Gasteiger partial charge in [0.05, 0.1) is 12.5 Å². The highest BCUT2D eigenvalue weighted by Crippen LogP contribution is 2.36. The van der Waals surface area contributed by atoms with Crippen LogP contribution in [-0.4, -0.2) is 34.1 Å². The van der Waals surface area contributed by atoms with Crippen LogP contribution < -0.4 is 0 Å². The molecule has 2 atom stereocenters. The Morgan fingerprint density at radius 1 is 1.21 bits per heavy atom. The van der Waals surface area contributed by atoms with E-state index in [1.54, 1.807) is 0 Å². The van der Waals surface area contributed by atoms with Crippen LogP contribution in [0.5, 0.6) is 0 Å². The number of carbonyl (C=O) groups excluding carboxylic acids is 1. The SMILES string of the molecule is Cc1ccc(CC(=O)N2C3CCC2CC(O)C3)cc1. The normalized spacial score (nSPS) is 29.6. The van der Waals surface area contributed by atoms with Crippen LogP contribution in [0.2, 0.25) is 0 Å². The number of hydrogen-bond acceptors (Lipinski definition) is 2. The Kier molecular flexibility index (Phi) is 3.31. The van der Waals surface area contributed by atoms with Gasteiger partial charge in [-0.3, -0.25) is 4.79 Å². The molecule has 2 heterocycles. The fraction of sp³-hybridized carbons (Fsp3) is 0.562. The zero-order valence-electron chi connectivity index (χ0n) is 11.4. The standard InChI is InChI=1S/C16H21NO2/c1-11-2-4-12(5-3-11)8-16(19)17-13-6-7-14(17)10-15(18)9-13/h2-5,13-15,18H,6-10H2,1H3. The van der Waals surface area contributed by atoms with E-state index in [1.165, 1.54) is 5.56 Å². The molecule has 2 saturated heterocycles. The minimum absolute atomic E-state index is 0.207.